The Morgan fingerprint density at radius 3 is 2.63 bits per heavy atom. The van der Waals surface area contributed by atoms with Crippen molar-refractivity contribution in [2.75, 3.05) is 52.7 Å². The number of fused-ring (bicyclic) bond motifs is 3. The maximum Gasteiger partial charge on any atom is 0.169 e. The lowest BCUT2D eigenvalue weighted by molar-refractivity contribution is -0.144. The molecular formula is C26H29F4N3O2. The minimum absolute atomic E-state index is 0.0209. The number of aromatic nitrogens is 1. The molecule has 2 aromatic carbocycles. The summed E-state index contributed by atoms with van der Waals surface area (Å²) in [5, 5.41) is 4.01. The highest BCUT2D eigenvalue weighted by Crippen LogP contribution is 2.42. The smallest absolute Gasteiger partial charge is 0.169 e. The molecule has 1 unspecified atom stereocenters. The Hall–Kier alpha value is -2.62. The lowest BCUT2D eigenvalue weighted by Gasteiger charge is -2.43. The molecule has 5 nitrogen and oxygen atoms in total. The molecule has 2 N–H and O–H groups in total. The zero-order valence-electron chi connectivity index (χ0n) is 19.4. The van der Waals surface area contributed by atoms with Gasteiger partial charge in [-0.2, -0.15) is 0 Å². The maximum absolute atomic E-state index is 15.5. The van der Waals surface area contributed by atoms with Crippen LogP contribution in [0, 0.1) is 11.6 Å². The number of nitrogens with zero attached hydrogens (tertiary/aromatic N) is 1. The van der Waals surface area contributed by atoms with Crippen LogP contribution in [0.4, 0.5) is 17.6 Å². The Bertz CT molecular complexity index is 1160. The second-order valence-electron chi connectivity index (χ2n) is 9.27. The molecular weight excluding hydrogens is 462 g/mol. The van der Waals surface area contributed by atoms with E-state index in [4.69, 9.17) is 9.47 Å². The molecule has 1 saturated heterocycles. The first-order valence-corrected chi connectivity index (χ1v) is 12.0. The van der Waals surface area contributed by atoms with Gasteiger partial charge in [0.15, 0.2) is 5.67 Å². The quantitative estimate of drug-likeness (QED) is 0.325. The number of ether oxygens (including phenoxy) is 2. The minimum atomic E-state index is -1.53. The van der Waals surface area contributed by atoms with Crippen LogP contribution in [-0.4, -0.2) is 68.2 Å². The number of halogens is 4. The lowest BCUT2D eigenvalue weighted by atomic mass is 9.90. The zero-order chi connectivity index (χ0) is 24.4. The average Bonchev–Trinajstić information content (AvgIpc) is 3.20. The fraction of sp³-hybridized carbons (Fsp3) is 0.462. The molecule has 1 fully saturated rings. The van der Waals surface area contributed by atoms with Crippen molar-refractivity contribution < 1.29 is 27.0 Å². The molecule has 2 aliphatic heterocycles. The van der Waals surface area contributed by atoms with Crippen LogP contribution in [-0.2, 0) is 11.2 Å². The van der Waals surface area contributed by atoms with Crippen molar-refractivity contribution in [3.8, 4) is 5.75 Å². The summed E-state index contributed by atoms with van der Waals surface area (Å²) >= 11 is 0. The van der Waals surface area contributed by atoms with Gasteiger partial charge in [0, 0.05) is 53.9 Å². The van der Waals surface area contributed by atoms with E-state index in [9.17, 15) is 4.39 Å². The monoisotopic (exact) mass is 491 g/mol. The Kier molecular flexibility index (Phi) is 7.00. The van der Waals surface area contributed by atoms with E-state index in [1.54, 1.807) is 4.90 Å². The van der Waals surface area contributed by atoms with Gasteiger partial charge in [-0.15, -0.1) is 0 Å². The highest BCUT2D eigenvalue weighted by Gasteiger charge is 2.44. The fourth-order valence-electron chi connectivity index (χ4n) is 5.03. The third-order valence-electron chi connectivity index (χ3n) is 6.70. The molecule has 1 atom stereocenters. The first-order valence-electron chi connectivity index (χ1n) is 12.0. The van der Waals surface area contributed by atoms with Gasteiger partial charge in [0.05, 0.1) is 25.9 Å². The molecule has 3 heterocycles. The first kappa shape index (κ1) is 24.1. The van der Waals surface area contributed by atoms with Crippen LogP contribution >= 0.6 is 0 Å². The SMILES string of the molecule is FCCCNCCOc1cc(F)c(C2c3[nH]c4ccccc4c3CCN2CC2(F)COC2)c(F)c1. The van der Waals surface area contributed by atoms with Crippen LogP contribution in [0.2, 0.25) is 0 Å². The summed E-state index contributed by atoms with van der Waals surface area (Å²) in [5.74, 6) is -1.42. The summed E-state index contributed by atoms with van der Waals surface area (Å²) in [6.07, 6.45) is 1.05. The van der Waals surface area contributed by atoms with Gasteiger partial charge in [-0.25, -0.2) is 13.2 Å². The fourth-order valence-corrected chi connectivity index (χ4v) is 5.03. The summed E-state index contributed by atoms with van der Waals surface area (Å²) in [4.78, 5) is 5.15. The number of para-hydroxylation sites is 1. The van der Waals surface area contributed by atoms with E-state index in [-0.39, 0.29) is 37.7 Å². The van der Waals surface area contributed by atoms with E-state index in [1.807, 2.05) is 24.3 Å². The summed E-state index contributed by atoms with van der Waals surface area (Å²) in [6.45, 7) is 1.17. The van der Waals surface area contributed by atoms with E-state index in [2.05, 4.69) is 10.3 Å². The number of hydrogen-bond acceptors (Lipinski definition) is 4. The Morgan fingerprint density at radius 1 is 1.14 bits per heavy atom. The van der Waals surface area contributed by atoms with Gasteiger partial charge in [-0.3, -0.25) is 9.29 Å². The van der Waals surface area contributed by atoms with Gasteiger partial charge in [0.2, 0.25) is 0 Å². The second-order valence-corrected chi connectivity index (χ2v) is 9.27. The Labute approximate surface area is 201 Å². The molecule has 9 heteroatoms. The van der Waals surface area contributed by atoms with E-state index in [1.165, 1.54) is 12.1 Å². The summed E-state index contributed by atoms with van der Waals surface area (Å²) < 4.78 is 68.8. The molecule has 0 spiro atoms. The van der Waals surface area contributed by atoms with Crippen molar-refractivity contribution in [3.05, 3.63) is 64.9 Å². The molecule has 0 bridgehead atoms. The van der Waals surface area contributed by atoms with Gasteiger partial charge in [-0.05, 0) is 31.0 Å². The molecule has 5 rings (SSSR count). The van der Waals surface area contributed by atoms with Crippen LogP contribution < -0.4 is 10.1 Å². The molecule has 0 amide bonds. The third-order valence-corrected chi connectivity index (χ3v) is 6.70. The van der Waals surface area contributed by atoms with Crippen molar-refractivity contribution in [1.82, 2.24) is 15.2 Å². The molecule has 1 aromatic heterocycles. The average molecular weight is 492 g/mol. The van der Waals surface area contributed by atoms with Crippen LogP contribution in [0.15, 0.2) is 36.4 Å². The molecule has 0 radical (unpaired) electrons. The number of rotatable bonds is 10. The topological polar surface area (TPSA) is 49.5 Å². The van der Waals surface area contributed by atoms with Gasteiger partial charge >= 0.3 is 0 Å². The number of alkyl halides is 2. The minimum Gasteiger partial charge on any atom is -0.492 e. The Morgan fingerprint density at radius 2 is 1.91 bits per heavy atom. The third kappa shape index (κ3) is 4.90. The van der Waals surface area contributed by atoms with Gasteiger partial charge in [-0.1, -0.05) is 18.2 Å². The van der Waals surface area contributed by atoms with Crippen molar-refractivity contribution >= 4 is 10.9 Å². The molecule has 35 heavy (non-hydrogen) atoms. The van der Waals surface area contributed by atoms with Gasteiger partial charge in [0.25, 0.3) is 0 Å². The first-order chi connectivity index (χ1) is 17.0. The lowest BCUT2D eigenvalue weighted by Crippen LogP contribution is -2.55. The second kappa shape index (κ2) is 10.2. The van der Waals surface area contributed by atoms with E-state index < -0.39 is 30.0 Å². The van der Waals surface area contributed by atoms with Crippen molar-refractivity contribution in [2.45, 2.75) is 24.6 Å². The van der Waals surface area contributed by atoms with E-state index in [0.29, 0.717) is 38.2 Å². The van der Waals surface area contributed by atoms with Crippen molar-refractivity contribution in [1.29, 1.82) is 0 Å². The normalized spacial score (nSPS) is 19.5. The number of benzene rings is 2. The molecule has 188 valence electrons. The number of aromatic amines is 1. The number of H-pyrrole nitrogens is 1. The predicted octanol–water partition coefficient (Wildman–Crippen LogP) is 4.46. The highest BCUT2D eigenvalue weighted by atomic mass is 19.1. The maximum atomic E-state index is 15.5. The number of nitrogens with one attached hydrogen (secondary N) is 2. The molecule has 0 aliphatic carbocycles. The molecule has 3 aromatic rings. The Balaban J connectivity index is 1.45. The van der Waals surface area contributed by atoms with Crippen molar-refractivity contribution in [3.63, 3.8) is 0 Å². The van der Waals surface area contributed by atoms with Gasteiger partial charge < -0.3 is 19.8 Å². The molecule has 2 aliphatic rings. The van der Waals surface area contributed by atoms with Crippen LogP contribution in [0.25, 0.3) is 10.9 Å². The van der Waals surface area contributed by atoms with Crippen LogP contribution in [0.1, 0.15) is 29.3 Å². The van der Waals surface area contributed by atoms with Gasteiger partial charge in [0.1, 0.15) is 24.0 Å². The largest absolute Gasteiger partial charge is 0.492 e. The molecule has 0 saturated carbocycles. The summed E-state index contributed by atoms with van der Waals surface area (Å²) in [7, 11) is 0. The van der Waals surface area contributed by atoms with E-state index >= 15 is 13.2 Å². The predicted molar refractivity (Wildman–Crippen MR) is 125 cm³/mol. The number of hydrogen-bond donors (Lipinski definition) is 2. The summed E-state index contributed by atoms with van der Waals surface area (Å²) in [5.41, 5.74) is 0.900. The van der Waals surface area contributed by atoms with Crippen LogP contribution in [0.5, 0.6) is 5.75 Å². The summed E-state index contributed by atoms with van der Waals surface area (Å²) in [6, 6.07) is 9.28. The van der Waals surface area contributed by atoms with E-state index in [0.717, 1.165) is 16.5 Å². The standard InChI is InChI=1S/C26H29F4N3O2/c27-7-3-8-31-9-11-35-17-12-20(28)23(21(29)13-17)25-24-19(18-4-1-2-5-22(18)32-24)6-10-33(25)14-26(30)15-34-16-26/h1-2,4-5,12-13,25,31-32H,3,6-11,14-16H2. The van der Waals surface area contributed by atoms with Crippen LogP contribution in [0.3, 0.4) is 0 Å². The highest BCUT2D eigenvalue weighted by molar-refractivity contribution is 5.85. The zero-order valence-corrected chi connectivity index (χ0v) is 19.4. The van der Waals surface area contributed by atoms with Crippen molar-refractivity contribution in [2.24, 2.45) is 0 Å².